The van der Waals surface area contributed by atoms with Gasteiger partial charge in [0.1, 0.15) is 5.75 Å². The maximum atomic E-state index is 12.6. The second-order valence-electron chi connectivity index (χ2n) is 5.30. The van der Waals surface area contributed by atoms with E-state index in [1.807, 2.05) is 4.90 Å². The predicted octanol–water partition coefficient (Wildman–Crippen LogP) is 2.68. The fourth-order valence-corrected chi connectivity index (χ4v) is 2.84. The van der Waals surface area contributed by atoms with Crippen molar-refractivity contribution in [1.82, 2.24) is 4.90 Å². The first kappa shape index (κ1) is 13.7. The fourth-order valence-electron chi connectivity index (χ4n) is 2.84. The molecule has 1 amide bonds. The quantitative estimate of drug-likeness (QED) is 0.834. The summed E-state index contributed by atoms with van der Waals surface area (Å²) in [6.07, 6.45) is 3.33. The van der Waals surface area contributed by atoms with Crippen LogP contribution in [0.4, 0.5) is 5.69 Å². The van der Waals surface area contributed by atoms with E-state index in [-0.39, 0.29) is 5.91 Å². The summed E-state index contributed by atoms with van der Waals surface area (Å²) in [6.45, 7) is 4.22. The Morgan fingerprint density at radius 1 is 1.32 bits per heavy atom. The van der Waals surface area contributed by atoms with Crippen LogP contribution in [0.25, 0.3) is 0 Å². The highest BCUT2D eigenvalue weighted by atomic mass is 16.5. The third-order valence-electron chi connectivity index (χ3n) is 3.90. The van der Waals surface area contributed by atoms with Crippen molar-refractivity contribution in [1.29, 1.82) is 0 Å². The Bertz CT molecular complexity index is 463. The van der Waals surface area contributed by atoms with E-state index in [2.05, 4.69) is 13.8 Å². The lowest BCUT2D eigenvalue weighted by Gasteiger charge is -2.39. The Kier molecular flexibility index (Phi) is 3.98. The molecule has 0 spiro atoms. The van der Waals surface area contributed by atoms with Gasteiger partial charge in [-0.05, 0) is 51.3 Å². The smallest absolute Gasteiger partial charge is 0.254 e. The first-order valence-corrected chi connectivity index (χ1v) is 6.80. The minimum Gasteiger partial charge on any atom is -0.495 e. The van der Waals surface area contributed by atoms with Crippen LogP contribution in [-0.2, 0) is 0 Å². The van der Waals surface area contributed by atoms with Gasteiger partial charge in [-0.25, -0.2) is 0 Å². The highest BCUT2D eigenvalue weighted by molar-refractivity contribution is 5.96. The van der Waals surface area contributed by atoms with E-state index in [1.54, 1.807) is 25.3 Å². The van der Waals surface area contributed by atoms with E-state index < -0.39 is 0 Å². The highest BCUT2D eigenvalue weighted by Gasteiger charge is 2.29. The van der Waals surface area contributed by atoms with E-state index >= 15 is 0 Å². The molecule has 2 atom stereocenters. The Balaban J connectivity index is 2.25. The van der Waals surface area contributed by atoms with Crippen LogP contribution in [0.15, 0.2) is 18.2 Å². The standard InChI is InChI=1S/C15H22N2O2/c1-10-5-4-6-11(2)17(10)15(18)12-7-8-14(19-3)13(16)9-12/h7-11H,4-6,16H2,1-3H3/t10-,11+. The summed E-state index contributed by atoms with van der Waals surface area (Å²) in [5.41, 5.74) is 7.02. The number of nitrogens with zero attached hydrogens (tertiary/aromatic N) is 1. The monoisotopic (exact) mass is 262 g/mol. The SMILES string of the molecule is COc1ccc(C(=O)N2[C@H](C)CCC[C@@H]2C)cc1N. The van der Waals surface area contributed by atoms with Crippen molar-refractivity contribution in [3.63, 3.8) is 0 Å². The first-order chi connectivity index (χ1) is 9.04. The number of carbonyl (C=O) groups is 1. The molecule has 0 saturated carbocycles. The number of benzene rings is 1. The maximum Gasteiger partial charge on any atom is 0.254 e. The molecule has 0 aromatic heterocycles. The summed E-state index contributed by atoms with van der Waals surface area (Å²) in [7, 11) is 1.57. The van der Waals surface area contributed by atoms with E-state index in [0.717, 1.165) is 12.8 Å². The number of rotatable bonds is 2. The number of likely N-dealkylation sites (tertiary alicyclic amines) is 1. The summed E-state index contributed by atoms with van der Waals surface area (Å²) < 4.78 is 5.12. The summed E-state index contributed by atoms with van der Waals surface area (Å²) in [5.74, 6) is 0.672. The molecule has 0 radical (unpaired) electrons. The molecule has 19 heavy (non-hydrogen) atoms. The first-order valence-electron chi connectivity index (χ1n) is 6.80. The van der Waals surface area contributed by atoms with Crippen LogP contribution < -0.4 is 10.5 Å². The van der Waals surface area contributed by atoms with Gasteiger partial charge in [0.2, 0.25) is 0 Å². The number of carbonyl (C=O) groups excluding carboxylic acids is 1. The lowest BCUT2D eigenvalue weighted by Crippen LogP contribution is -2.47. The zero-order valence-corrected chi connectivity index (χ0v) is 11.8. The molecule has 1 saturated heterocycles. The van der Waals surface area contributed by atoms with Crippen LogP contribution in [0.3, 0.4) is 0 Å². The zero-order valence-electron chi connectivity index (χ0n) is 11.8. The topological polar surface area (TPSA) is 55.6 Å². The van der Waals surface area contributed by atoms with Gasteiger partial charge in [-0.1, -0.05) is 0 Å². The number of hydrogen-bond donors (Lipinski definition) is 1. The minimum atomic E-state index is 0.0639. The third-order valence-corrected chi connectivity index (χ3v) is 3.90. The molecule has 1 aliphatic heterocycles. The second kappa shape index (κ2) is 5.51. The Morgan fingerprint density at radius 2 is 1.95 bits per heavy atom. The van der Waals surface area contributed by atoms with Crippen LogP contribution in [-0.4, -0.2) is 30.0 Å². The van der Waals surface area contributed by atoms with Crippen molar-refractivity contribution >= 4 is 11.6 Å². The van der Waals surface area contributed by atoms with Gasteiger partial charge >= 0.3 is 0 Å². The summed E-state index contributed by atoms with van der Waals surface area (Å²) in [4.78, 5) is 14.6. The van der Waals surface area contributed by atoms with Crippen molar-refractivity contribution in [2.75, 3.05) is 12.8 Å². The van der Waals surface area contributed by atoms with Crippen LogP contribution in [0.5, 0.6) is 5.75 Å². The van der Waals surface area contributed by atoms with Crippen LogP contribution >= 0.6 is 0 Å². The highest BCUT2D eigenvalue weighted by Crippen LogP contribution is 2.27. The lowest BCUT2D eigenvalue weighted by molar-refractivity contribution is 0.0511. The predicted molar refractivity (Wildman–Crippen MR) is 76.4 cm³/mol. The van der Waals surface area contributed by atoms with Crippen LogP contribution in [0.2, 0.25) is 0 Å². The molecule has 1 aromatic carbocycles. The van der Waals surface area contributed by atoms with Crippen LogP contribution in [0, 0.1) is 0 Å². The summed E-state index contributed by atoms with van der Waals surface area (Å²) in [6, 6.07) is 5.82. The van der Waals surface area contributed by atoms with Crippen molar-refractivity contribution in [2.45, 2.75) is 45.2 Å². The van der Waals surface area contributed by atoms with Gasteiger partial charge < -0.3 is 15.4 Å². The molecule has 2 rings (SSSR count). The molecule has 104 valence electrons. The van der Waals surface area contributed by atoms with Gasteiger partial charge in [-0.3, -0.25) is 4.79 Å². The molecule has 4 nitrogen and oxygen atoms in total. The Hall–Kier alpha value is -1.71. The number of ether oxygens (including phenoxy) is 1. The Morgan fingerprint density at radius 3 is 2.47 bits per heavy atom. The molecular weight excluding hydrogens is 240 g/mol. The number of methoxy groups -OCH3 is 1. The van der Waals surface area contributed by atoms with E-state index in [0.29, 0.717) is 29.1 Å². The molecule has 0 unspecified atom stereocenters. The minimum absolute atomic E-state index is 0.0639. The average molecular weight is 262 g/mol. The summed E-state index contributed by atoms with van der Waals surface area (Å²) in [5, 5.41) is 0. The van der Waals surface area contributed by atoms with Crippen molar-refractivity contribution < 1.29 is 9.53 Å². The number of nitrogens with two attached hydrogens (primary N) is 1. The molecule has 1 fully saturated rings. The van der Waals surface area contributed by atoms with E-state index in [9.17, 15) is 4.79 Å². The normalized spacial score (nSPS) is 23.2. The van der Waals surface area contributed by atoms with Crippen molar-refractivity contribution in [3.8, 4) is 5.75 Å². The van der Waals surface area contributed by atoms with Gasteiger partial charge in [-0.15, -0.1) is 0 Å². The van der Waals surface area contributed by atoms with Gasteiger partial charge in [0.25, 0.3) is 5.91 Å². The fraction of sp³-hybridized carbons (Fsp3) is 0.533. The molecule has 4 heteroatoms. The second-order valence-corrected chi connectivity index (χ2v) is 5.30. The lowest BCUT2D eigenvalue weighted by atomic mass is 9.96. The molecule has 1 aromatic rings. The van der Waals surface area contributed by atoms with Crippen molar-refractivity contribution in [3.05, 3.63) is 23.8 Å². The number of nitrogen functional groups attached to an aromatic ring is 1. The molecular formula is C15H22N2O2. The van der Waals surface area contributed by atoms with Gasteiger partial charge in [0.15, 0.2) is 0 Å². The van der Waals surface area contributed by atoms with E-state index in [1.165, 1.54) is 6.42 Å². The van der Waals surface area contributed by atoms with Gasteiger partial charge in [0.05, 0.1) is 12.8 Å². The van der Waals surface area contributed by atoms with Crippen LogP contribution in [0.1, 0.15) is 43.5 Å². The molecule has 1 heterocycles. The number of hydrogen-bond acceptors (Lipinski definition) is 3. The molecule has 0 bridgehead atoms. The maximum absolute atomic E-state index is 12.6. The van der Waals surface area contributed by atoms with Gasteiger partial charge in [-0.2, -0.15) is 0 Å². The molecule has 2 N–H and O–H groups in total. The largest absolute Gasteiger partial charge is 0.495 e. The molecule has 1 aliphatic rings. The van der Waals surface area contributed by atoms with Crippen molar-refractivity contribution in [2.24, 2.45) is 0 Å². The average Bonchev–Trinajstić information content (AvgIpc) is 2.38. The Labute approximate surface area is 114 Å². The number of amides is 1. The summed E-state index contributed by atoms with van der Waals surface area (Å²) >= 11 is 0. The van der Waals surface area contributed by atoms with Gasteiger partial charge in [0, 0.05) is 17.6 Å². The third kappa shape index (κ3) is 2.67. The zero-order chi connectivity index (χ0) is 14.0. The number of anilines is 1. The molecule has 0 aliphatic carbocycles. The van der Waals surface area contributed by atoms with E-state index in [4.69, 9.17) is 10.5 Å². The number of piperidine rings is 1.